The number of carbonyl (C=O) groups excluding carboxylic acids is 1. The monoisotopic (exact) mass is 496 g/mol. The number of benzene rings is 1. The van der Waals surface area contributed by atoms with E-state index in [4.69, 9.17) is 4.74 Å². The van der Waals surface area contributed by atoms with Crippen LogP contribution >= 0.6 is 11.3 Å². The van der Waals surface area contributed by atoms with Gasteiger partial charge < -0.3 is 10.1 Å². The molecule has 0 spiro atoms. The molecule has 1 saturated heterocycles. The number of hydrogen-bond acceptors (Lipinski definition) is 9. The number of nitrogens with one attached hydrogen (secondary N) is 2. The summed E-state index contributed by atoms with van der Waals surface area (Å²) < 4.78 is 5.77. The van der Waals surface area contributed by atoms with Crippen LogP contribution < -0.4 is 10.6 Å². The topological polar surface area (TPSA) is 123 Å². The molecule has 184 valence electrons. The summed E-state index contributed by atoms with van der Waals surface area (Å²) in [7, 11) is 0. The summed E-state index contributed by atoms with van der Waals surface area (Å²) in [5, 5.41) is 19.9. The molecule has 1 amide bonds. The standard InChI is InChI=1S/C24H28N6O4S/c1-15-11-29(12-16(2)34-15)13-19-14-35-24(27-19)28-23(31)18-7-8-21(22(10-18)30(32)33)26-17(3)20-6-4-5-9-25-20/h4-10,14-17,26H,11-13H2,1-3H3,(H,27,28,31). The first-order valence-electron chi connectivity index (χ1n) is 11.4. The SMILES string of the molecule is CC1CN(Cc2csc(NC(=O)c3ccc(NC(C)c4ccccn4)c([N+](=O)[O-])c3)n2)CC(C)O1. The highest BCUT2D eigenvalue weighted by molar-refractivity contribution is 7.14. The fraction of sp³-hybridized carbons (Fsp3) is 0.375. The van der Waals surface area contributed by atoms with E-state index < -0.39 is 10.8 Å². The number of thiazole rings is 1. The van der Waals surface area contributed by atoms with E-state index in [1.54, 1.807) is 24.4 Å². The Morgan fingerprint density at radius 3 is 2.74 bits per heavy atom. The molecule has 1 fully saturated rings. The third kappa shape index (κ3) is 6.38. The average molecular weight is 497 g/mol. The van der Waals surface area contributed by atoms with Gasteiger partial charge in [0.25, 0.3) is 11.6 Å². The second-order valence-electron chi connectivity index (χ2n) is 8.66. The zero-order valence-electron chi connectivity index (χ0n) is 19.8. The first kappa shape index (κ1) is 24.7. The Bertz CT molecular complexity index is 1180. The number of aromatic nitrogens is 2. The highest BCUT2D eigenvalue weighted by atomic mass is 32.1. The highest BCUT2D eigenvalue weighted by Gasteiger charge is 2.23. The second kappa shape index (κ2) is 10.9. The average Bonchev–Trinajstić information content (AvgIpc) is 3.25. The van der Waals surface area contributed by atoms with E-state index in [1.165, 1.54) is 17.4 Å². The Hall–Kier alpha value is -3.41. The molecular weight excluding hydrogens is 468 g/mol. The maximum atomic E-state index is 12.8. The van der Waals surface area contributed by atoms with Crippen molar-refractivity contribution >= 4 is 33.8 Å². The summed E-state index contributed by atoms with van der Waals surface area (Å²) >= 11 is 1.33. The minimum Gasteiger partial charge on any atom is -0.373 e. The van der Waals surface area contributed by atoms with Gasteiger partial charge in [-0.05, 0) is 45.0 Å². The minimum atomic E-state index is -0.504. The van der Waals surface area contributed by atoms with Crippen molar-refractivity contribution in [2.45, 2.75) is 45.6 Å². The molecule has 0 aliphatic carbocycles. The van der Waals surface area contributed by atoms with Crippen LogP contribution in [-0.2, 0) is 11.3 Å². The van der Waals surface area contributed by atoms with Crippen molar-refractivity contribution in [3.63, 3.8) is 0 Å². The Balaban J connectivity index is 1.42. The zero-order chi connectivity index (χ0) is 24.9. The van der Waals surface area contributed by atoms with Gasteiger partial charge in [-0.1, -0.05) is 6.07 Å². The first-order valence-corrected chi connectivity index (χ1v) is 12.3. The smallest absolute Gasteiger partial charge is 0.293 e. The van der Waals surface area contributed by atoms with Gasteiger partial charge in [0.2, 0.25) is 0 Å². The summed E-state index contributed by atoms with van der Waals surface area (Å²) in [6.45, 7) is 8.29. The maximum absolute atomic E-state index is 12.8. The van der Waals surface area contributed by atoms with Crippen molar-refractivity contribution in [3.05, 3.63) is 75.0 Å². The van der Waals surface area contributed by atoms with Crippen LogP contribution in [0.4, 0.5) is 16.5 Å². The number of carbonyl (C=O) groups is 1. The van der Waals surface area contributed by atoms with Crippen molar-refractivity contribution in [2.24, 2.45) is 0 Å². The summed E-state index contributed by atoms with van der Waals surface area (Å²) in [5.41, 5.74) is 1.93. The van der Waals surface area contributed by atoms with Crippen LogP contribution in [0, 0.1) is 10.1 Å². The lowest BCUT2D eigenvalue weighted by Gasteiger charge is -2.34. The Labute approximate surface area is 207 Å². The van der Waals surface area contributed by atoms with E-state index in [-0.39, 0.29) is 29.5 Å². The predicted octanol–water partition coefficient (Wildman–Crippen LogP) is 4.48. The molecule has 11 heteroatoms. The molecule has 2 N–H and O–H groups in total. The molecule has 0 radical (unpaired) electrons. The normalized spacial score (nSPS) is 19.2. The van der Waals surface area contributed by atoms with E-state index in [0.717, 1.165) is 24.5 Å². The van der Waals surface area contributed by atoms with Gasteiger partial charge in [-0.2, -0.15) is 0 Å². The van der Waals surface area contributed by atoms with E-state index >= 15 is 0 Å². The number of anilines is 2. The number of morpholine rings is 1. The third-order valence-electron chi connectivity index (χ3n) is 5.61. The van der Waals surface area contributed by atoms with Crippen molar-refractivity contribution in [2.75, 3.05) is 23.7 Å². The van der Waals surface area contributed by atoms with Crippen LogP contribution in [0.5, 0.6) is 0 Å². The fourth-order valence-corrected chi connectivity index (χ4v) is 4.83. The number of rotatable bonds is 8. The van der Waals surface area contributed by atoms with Gasteiger partial charge in [-0.15, -0.1) is 11.3 Å². The van der Waals surface area contributed by atoms with Crippen molar-refractivity contribution in [3.8, 4) is 0 Å². The molecule has 2 aromatic heterocycles. The van der Waals surface area contributed by atoms with Crippen LogP contribution in [-0.4, -0.2) is 51.0 Å². The minimum absolute atomic E-state index is 0.164. The van der Waals surface area contributed by atoms with E-state index in [9.17, 15) is 14.9 Å². The highest BCUT2D eigenvalue weighted by Crippen LogP contribution is 2.29. The maximum Gasteiger partial charge on any atom is 0.293 e. The van der Waals surface area contributed by atoms with Crippen molar-refractivity contribution in [1.29, 1.82) is 0 Å². The molecule has 3 atom stereocenters. The molecule has 3 unspecified atom stereocenters. The molecule has 1 aromatic carbocycles. The molecular formula is C24H28N6O4S. The van der Waals surface area contributed by atoms with Gasteiger partial charge in [0, 0.05) is 42.8 Å². The zero-order valence-corrected chi connectivity index (χ0v) is 20.6. The molecule has 1 aliphatic rings. The lowest BCUT2D eigenvalue weighted by atomic mass is 10.1. The number of nitrogens with zero attached hydrogens (tertiary/aromatic N) is 4. The largest absolute Gasteiger partial charge is 0.373 e. The van der Waals surface area contributed by atoms with Gasteiger partial charge in [-0.3, -0.25) is 30.1 Å². The van der Waals surface area contributed by atoms with Gasteiger partial charge in [0.1, 0.15) is 5.69 Å². The van der Waals surface area contributed by atoms with Crippen molar-refractivity contribution < 1.29 is 14.5 Å². The molecule has 10 nitrogen and oxygen atoms in total. The molecule has 0 bridgehead atoms. The summed E-state index contributed by atoms with van der Waals surface area (Å²) in [4.78, 5) is 35.1. The molecule has 35 heavy (non-hydrogen) atoms. The number of nitro benzene ring substituents is 1. The van der Waals surface area contributed by atoms with Crippen LogP contribution in [0.2, 0.25) is 0 Å². The summed E-state index contributed by atoms with van der Waals surface area (Å²) in [5.74, 6) is -0.452. The van der Waals surface area contributed by atoms with Crippen molar-refractivity contribution in [1.82, 2.24) is 14.9 Å². The number of hydrogen-bond donors (Lipinski definition) is 2. The Morgan fingerprint density at radius 1 is 1.29 bits per heavy atom. The Morgan fingerprint density at radius 2 is 2.06 bits per heavy atom. The number of pyridine rings is 1. The van der Waals surface area contributed by atoms with E-state index in [1.807, 2.05) is 24.4 Å². The lowest BCUT2D eigenvalue weighted by Crippen LogP contribution is -2.44. The van der Waals surface area contributed by atoms with Crippen LogP contribution in [0.3, 0.4) is 0 Å². The van der Waals surface area contributed by atoms with Gasteiger partial charge in [-0.25, -0.2) is 4.98 Å². The van der Waals surface area contributed by atoms with Gasteiger partial charge in [0.15, 0.2) is 5.13 Å². The van der Waals surface area contributed by atoms with Crippen LogP contribution in [0.25, 0.3) is 0 Å². The number of ether oxygens (including phenoxy) is 1. The quantitative estimate of drug-likeness (QED) is 0.346. The third-order valence-corrected chi connectivity index (χ3v) is 6.42. The molecule has 3 aromatic rings. The predicted molar refractivity (Wildman–Crippen MR) is 135 cm³/mol. The molecule has 0 saturated carbocycles. The summed E-state index contributed by atoms with van der Waals surface area (Å²) in [6, 6.07) is 9.62. The van der Waals surface area contributed by atoms with Gasteiger partial charge in [0.05, 0.1) is 34.6 Å². The molecule has 4 rings (SSSR count). The lowest BCUT2D eigenvalue weighted by molar-refractivity contribution is -0.384. The number of nitro groups is 1. The first-order chi connectivity index (χ1) is 16.8. The molecule has 1 aliphatic heterocycles. The molecule has 3 heterocycles. The van der Waals surface area contributed by atoms with Crippen LogP contribution in [0.15, 0.2) is 48.0 Å². The van der Waals surface area contributed by atoms with E-state index in [0.29, 0.717) is 17.4 Å². The number of amides is 1. The second-order valence-corrected chi connectivity index (χ2v) is 9.52. The van der Waals surface area contributed by atoms with Gasteiger partial charge >= 0.3 is 0 Å². The van der Waals surface area contributed by atoms with E-state index in [2.05, 4.69) is 39.3 Å². The Kier molecular flexibility index (Phi) is 7.69. The summed E-state index contributed by atoms with van der Waals surface area (Å²) in [6.07, 6.45) is 2.00. The fourth-order valence-electron chi connectivity index (χ4n) is 4.13. The van der Waals surface area contributed by atoms with Crippen LogP contribution in [0.1, 0.15) is 48.6 Å².